The molecule has 0 saturated carbocycles. The maximum absolute atomic E-state index is 13.8. The Morgan fingerprint density at radius 2 is 0.836 bits per heavy atom. The molecule has 0 aliphatic carbocycles. The molecule has 10 aromatic rings. The molecule has 0 bridgehead atoms. The number of aliphatic hydroxyl groups excluding tert-OH is 1. The van der Waals surface area contributed by atoms with Gasteiger partial charge in [-0.05, 0) is 139 Å². The van der Waals surface area contributed by atoms with Crippen molar-refractivity contribution in [1.29, 1.82) is 0 Å². The van der Waals surface area contributed by atoms with Gasteiger partial charge in [-0.1, -0.05) is 91.7 Å². The van der Waals surface area contributed by atoms with Gasteiger partial charge in [0.15, 0.2) is 39.3 Å². The minimum Gasteiger partial charge on any atom is -0.493 e. The number of rotatable bonds is 31. The van der Waals surface area contributed by atoms with Gasteiger partial charge in [0.05, 0.1) is 103 Å². The molecule has 0 aliphatic heterocycles. The van der Waals surface area contributed by atoms with Crippen LogP contribution in [0.15, 0.2) is 183 Å². The van der Waals surface area contributed by atoms with Gasteiger partial charge in [0, 0.05) is 72.0 Å². The van der Waals surface area contributed by atoms with Crippen LogP contribution in [0.1, 0.15) is 98.6 Å². The highest BCUT2D eigenvalue weighted by atomic mass is 79.9. The lowest BCUT2D eigenvalue weighted by Crippen LogP contribution is -2.20. The van der Waals surface area contributed by atoms with Crippen LogP contribution in [0, 0.1) is 4.77 Å². The number of sulfone groups is 2. The average Bonchev–Trinajstić information content (AvgIpc) is 0.788. The molecule has 0 radical (unpaired) electrons. The highest BCUT2D eigenvalue weighted by Gasteiger charge is 2.38. The number of hydrogen-bond acceptors (Lipinski definition) is 21. The second-order valence-corrected chi connectivity index (χ2v) is 33.1. The number of aromatic amines is 1. The molecule has 4 aromatic carbocycles. The minimum atomic E-state index is -4.93. The van der Waals surface area contributed by atoms with Crippen molar-refractivity contribution in [2.75, 3.05) is 78.0 Å². The summed E-state index contributed by atoms with van der Waals surface area (Å²) in [5.41, 5.74) is -2.03. The number of aromatic nitrogens is 9. The molecule has 0 fully saturated rings. The molecule has 0 atom stereocenters. The van der Waals surface area contributed by atoms with Gasteiger partial charge in [0.25, 0.3) is 16.7 Å². The van der Waals surface area contributed by atoms with Crippen LogP contribution in [0.2, 0.25) is 0 Å². The molecule has 2 N–H and O–H groups in total. The SMILES string of the molecule is C.CCCCCBr.COc1ccc(Cn2cc(-c3cc(C(F)(F)F)[nH]c(=S)n3)ccc2=O)cc1OC.COc1ccc(Cn2cc(-c3cc(C(F)(F)F)nc(S(=O)(=O)CCCCO)n3)ccc2=O)cc1OC.COc1ccc(Cn2cc(-c3cc(C(F)(F)F)nc(S(=O)(=O)CCCCOCc4ccccc4)n3)ccc2=O)cc1OC.ClB(Cl)Cl.ClCCl. The van der Waals surface area contributed by atoms with Crippen molar-refractivity contribution in [3.05, 3.63) is 233 Å². The summed E-state index contributed by atoms with van der Waals surface area (Å²) in [6, 6.07) is 34.4. The van der Waals surface area contributed by atoms with Crippen LogP contribution in [-0.4, -0.2) is 149 Å². The van der Waals surface area contributed by atoms with Crippen molar-refractivity contribution in [2.45, 2.75) is 114 Å². The fourth-order valence-corrected chi connectivity index (χ4v) is 13.7. The molecular weight excluding hydrogens is 1850 g/mol. The summed E-state index contributed by atoms with van der Waals surface area (Å²) in [6.07, 6.45) is -5.67. The number of nitrogens with zero attached hydrogens (tertiary/aromatic N) is 8. The molecule has 6 aromatic heterocycles. The molecule has 0 saturated heterocycles. The number of aliphatic hydroxyl groups is 1. The average molecular weight is 1940 g/mol. The number of ether oxygens (including phenoxy) is 7. The van der Waals surface area contributed by atoms with E-state index in [2.05, 4.69) is 47.8 Å². The van der Waals surface area contributed by atoms with E-state index in [1.54, 1.807) is 54.6 Å². The maximum atomic E-state index is 13.8. The first-order chi connectivity index (χ1) is 57.2. The molecule has 43 heteroatoms. The summed E-state index contributed by atoms with van der Waals surface area (Å²) in [4.78, 5) is 57.0. The van der Waals surface area contributed by atoms with Gasteiger partial charge in [-0.25, -0.2) is 41.8 Å². The normalized spacial score (nSPS) is 11.2. The van der Waals surface area contributed by atoms with Crippen LogP contribution >= 0.6 is 85.7 Å². The van der Waals surface area contributed by atoms with Crippen LogP contribution in [0.3, 0.4) is 0 Å². The third-order valence-corrected chi connectivity index (χ3v) is 20.3. The Labute approximate surface area is 737 Å². The summed E-state index contributed by atoms with van der Waals surface area (Å²) in [6.45, 7) is 2.88. The van der Waals surface area contributed by atoms with Gasteiger partial charge >= 0.3 is 23.5 Å². The molecule has 122 heavy (non-hydrogen) atoms. The Balaban J connectivity index is 0.000000361. The van der Waals surface area contributed by atoms with Crippen molar-refractivity contribution in [2.24, 2.45) is 0 Å². The molecular formula is C79H87BBrCl5F9N9O15S3. The number of hydrogen-bond donors (Lipinski definition) is 2. The summed E-state index contributed by atoms with van der Waals surface area (Å²) in [7, 11) is 0.370. The van der Waals surface area contributed by atoms with Gasteiger partial charge in [0.1, 0.15) is 17.1 Å². The molecule has 0 unspecified atom stereocenters. The van der Waals surface area contributed by atoms with Gasteiger partial charge < -0.3 is 56.9 Å². The summed E-state index contributed by atoms with van der Waals surface area (Å²) in [5, 5.41) is 8.33. The van der Waals surface area contributed by atoms with E-state index < -0.39 is 93.2 Å². The van der Waals surface area contributed by atoms with Crippen LogP contribution in [0.4, 0.5) is 39.5 Å². The van der Waals surface area contributed by atoms with Gasteiger partial charge in [-0.15, -0.1) is 23.2 Å². The smallest absolute Gasteiger partial charge is 0.450 e. The number of H-pyrrole nitrogens is 1. The van der Waals surface area contributed by atoms with Gasteiger partial charge in [-0.2, -0.15) is 73.9 Å². The fraction of sp³-hybridized carbons (Fsp3) is 0.354. The van der Waals surface area contributed by atoms with E-state index in [4.69, 9.17) is 108 Å². The zero-order valence-electron chi connectivity index (χ0n) is 65.7. The van der Waals surface area contributed by atoms with E-state index in [1.807, 2.05) is 35.3 Å². The van der Waals surface area contributed by atoms with Crippen LogP contribution in [0.5, 0.6) is 34.5 Å². The van der Waals surface area contributed by atoms with Crippen LogP contribution in [-0.2, 0) is 69.2 Å². The number of nitrogens with one attached hydrogen (secondary N) is 1. The molecule has 6 heterocycles. The highest BCUT2D eigenvalue weighted by molar-refractivity contribution is 9.09. The first-order valence-electron chi connectivity index (χ1n) is 35.9. The molecule has 0 spiro atoms. The standard InChI is InChI=1S/C30H30F3N3O6S.C23H24F3N3O6S.C19H16F3N3O3S.C5H11Br.CH2Cl2.CH4.BCl3/c1-40-25-12-10-22(16-26(25)41-2)18-36-19-23(11-13-28(36)37)24-17-27(30(31,32)33)35-29(34-24)43(38,39)15-7-6-14-42-20-21-8-4-3-5-9-21;1-34-18-7-5-15(11-19(18)35-2)13-29-14-16(6-8-21(29)31)17-12-20(23(24,25)26)28-22(27-17)36(32,33)10-4-3-9-30;1-27-14-5-3-11(7-15(14)28-2)9-25-10-12(4-6-17(25)26)13-8-16(19(20,21)22)24-18(29)23-13;1-2-3-4-5-6;2-1-3;;2-1(3)4/h3-5,8-13,16-17,19H,6-7,14-15,18,20H2,1-2H3;5-8,11-12,14,30H,3-4,9-10,13H2,1-2H3;3-8,10H,9H2,1-2H3,(H,23,24,29);2-5H2,1H3;1H2;1H4;. The largest absolute Gasteiger partial charge is 0.493 e. The predicted molar refractivity (Wildman–Crippen MR) is 459 cm³/mol. The van der Waals surface area contributed by atoms with Crippen molar-refractivity contribution < 1.29 is 94.6 Å². The fourth-order valence-electron chi connectivity index (χ4n) is 10.6. The number of methoxy groups -OCH3 is 6. The Bertz CT molecular complexity index is 5480. The van der Waals surface area contributed by atoms with Gasteiger partial charge in [0.2, 0.25) is 30.0 Å². The quantitative estimate of drug-likeness (QED) is 0.0102. The van der Waals surface area contributed by atoms with Crippen molar-refractivity contribution in [3.8, 4) is 68.3 Å². The first kappa shape index (κ1) is 106. The monoisotopic (exact) mass is 1930 g/mol. The zero-order valence-corrected chi connectivity index (χ0v) is 73.6. The lowest BCUT2D eigenvalue weighted by molar-refractivity contribution is -0.142. The third-order valence-electron chi connectivity index (χ3n) is 16.5. The minimum absolute atomic E-state index is 0. The molecule has 0 aliphatic rings. The Kier molecular flexibility index (Phi) is 44.5. The number of pyridine rings is 3. The summed E-state index contributed by atoms with van der Waals surface area (Å²) in [5.74, 6) is 1.90. The Morgan fingerprint density at radius 1 is 0.475 bits per heavy atom. The highest BCUT2D eigenvalue weighted by Crippen LogP contribution is 2.36. The van der Waals surface area contributed by atoms with Crippen molar-refractivity contribution in [1.82, 2.24) is 43.6 Å². The summed E-state index contributed by atoms with van der Waals surface area (Å²) >= 11 is 32.1. The summed E-state index contributed by atoms with van der Waals surface area (Å²) < 4.78 is 213. The molecule has 10 rings (SSSR count). The first-order valence-corrected chi connectivity index (χ1v) is 43.1. The van der Waals surface area contributed by atoms with Crippen molar-refractivity contribution >= 4 is 110 Å². The molecule has 24 nitrogen and oxygen atoms in total. The van der Waals surface area contributed by atoms with E-state index >= 15 is 0 Å². The van der Waals surface area contributed by atoms with Crippen LogP contribution in [0.25, 0.3) is 33.8 Å². The zero-order chi connectivity index (χ0) is 89.8. The number of halogens is 15. The predicted octanol–water partition coefficient (Wildman–Crippen LogP) is 18.5. The topological polar surface area (TPSA) is 299 Å². The number of unbranched alkanes of at least 4 members (excludes halogenated alkanes) is 4. The lowest BCUT2D eigenvalue weighted by Gasteiger charge is -2.13. The van der Waals surface area contributed by atoms with Gasteiger partial charge in [-0.3, -0.25) is 14.4 Å². The molecule has 664 valence electrons. The second kappa shape index (κ2) is 51.4. The lowest BCUT2D eigenvalue weighted by atomic mass is 10.1. The number of benzene rings is 4. The maximum Gasteiger partial charge on any atom is 0.450 e. The van der Waals surface area contributed by atoms with E-state index in [0.29, 0.717) is 76.3 Å². The van der Waals surface area contributed by atoms with E-state index in [1.165, 1.54) is 130 Å². The molecule has 0 amide bonds. The second-order valence-electron chi connectivity index (χ2n) is 25.1. The van der Waals surface area contributed by atoms with Crippen LogP contribution < -0.4 is 45.1 Å². The van der Waals surface area contributed by atoms with E-state index in [-0.39, 0.29) is 103 Å². The number of alkyl halides is 12. The van der Waals surface area contributed by atoms with E-state index in [9.17, 15) is 70.7 Å². The van der Waals surface area contributed by atoms with Crippen molar-refractivity contribution in [3.63, 3.8) is 0 Å². The Morgan fingerprint density at radius 3 is 1.16 bits per heavy atom. The third kappa shape index (κ3) is 34.4. The Hall–Kier alpha value is -8.83. The van der Waals surface area contributed by atoms with E-state index in [0.717, 1.165) is 23.3 Å².